The second kappa shape index (κ2) is 6.43. The number of imide groups is 1. The van der Waals surface area contributed by atoms with Crippen molar-refractivity contribution in [3.63, 3.8) is 0 Å². The van der Waals surface area contributed by atoms with Crippen LogP contribution in [0.2, 0.25) is 0 Å². The molecule has 1 aliphatic heterocycles. The van der Waals surface area contributed by atoms with E-state index in [9.17, 15) is 9.59 Å². The van der Waals surface area contributed by atoms with Crippen molar-refractivity contribution in [3.8, 4) is 0 Å². The fourth-order valence-corrected chi connectivity index (χ4v) is 3.10. The number of hydrogen-bond donors (Lipinski definition) is 0. The molecule has 0 bridgehead atoms. The number of nitrogens with zero attached hydrogens (tertiary/aromatic N) is 3. The highest BCUT2D eigenvalue weighted by Crippen LogP contribution is 2.20. The number of urea groups is 1. The summed E-state index contributed by atoms with van der Waals surface area (Å²) in [6, 6.07) is 11.9. The Bertz CT molecular complexity index is 819. The molecule has 0 N–H and O–H groups in total. The van der Waals surface area contributed by atoms with Crippen LogP contribution in [-0.4, -0.2) is 33.7 Å². The van der Waals surface area contributed by atoms with Crippen LogP contribution in [0.15, 0.2) is 41.4 Å². The highest BCUT2D eigenvalue weighted by atomic mass is 16.2. The number of hydrogen-bond acceptors (Lipinski definition) is 2. The first-order chi connectivity index (χ1) is 11.5. The van der Waals surface area contributed by atoms with Gasteiger partial charge in [-0.25, -0.2) is 4.79 Å². The summed E-state index contributed by atoms with van der Waals surface area (Å²) in [6.45, 7) is 7.03. The van der Waals surface area contributed by atoms with Crippen molar-refractivity contribution in [2.45, 2.75) is 33.7 Å². The molecule has 24 heavy (non-hydrogen) atoms. The number of aromatic nitrogens is 1. The second-order valence-corrected chi connectivity index (χ2v) is 6.04. The molecule has 3 rings (SSSR count). The molecular weight excluding hydrogens is 302 g/mol. The molecule has 0 unspecified atom stereocenters. The maximum Gasteiger partial charge on any atom is 0.350 e. The van der Waals surface area contributed by atoms with Crippen LogP contribution in [0.25, 0.3) is 0 Å². The minimum Gasteiger partial charge on any atom is -0.345 e. The molecule has 1 aromatic heterocycles. The molecule has 5 nitrogen and oxygen atoms in total. The zero-order valence-electron chi connectivity index (χ0n) is 14.2. The lowest BCUT2D eigenvalue weighted by Crippen LogP contribution is -2.32. The first-order valence-electron chi connectivity index (χ1n) is 8.14. The Balaban J connectivity index is 1.84. The quantitative estimate of drug-likeness (QED) is 0.849. The van der Waals surface area contributed by atoms with Gasteiger partial charge in [0.2, 0.25) is 0 Å². The predicted molar refractivity (Wildman–Crippen MR) is 93.4 cm³/mol. The summed E-state index contributed by atoms with van der Waals surface area (Å²) in [5, 5.41) is 0. The van der Waals surface area contributed by atoms with Crippen LogP contribution in [0.4, 0.5) is 4.79 Å². The lowest BCUT2D eigenvalue weighted by molar-refractivity contribution is -0.120. The van der Waals surface area contributed by atoms with E-state index in [-0.39, 0.29) is 5.91 Å². The minimum atomic E-state index is -0.449. The van der Waals surface area contributed by atoms with E-state index >= 15 is 0 Å². The molecule has 0 atom stereocenters. The van der Waals surface area contributed by atoms with Crippen LogP contribution >= 0.6 is 0 Å². The third-order valence-electron chi connectivity index (χ3n) is 4.49. The van der Waals surface area contributed by atoms with Gasteiger partial charge >= 0.3 is 6.03 Å². The number of carbonyl (C=O) groups is 2. The van der Waals surface area contributed by atoms with Crippen LogP contribution in [-0.2, 0) is 17.8 Å². The Hall–Kier alpha value is -2.69. The fraction of sp³-hybridized carbons (Fsp3) is 0.316. The normalized spacial score (nSPS) is 14.5. The van der Waals surface area contributed by atoms with E-state index in [0.29, 0.717) is 18.7 Å². The highest BCUT2D eigenvalue weighted by Gasteiger charge is 2.32. The summed E-state index contributed by atoms with van der Waals surface area (Å²) >= 11 is 0. The lowest BCUT2D eigenvalue weighted by Gasteiger charge is -2.10. The SMILES string of the molecule is CCN1C(=O)N=C(Cc2cc(C)n(Cc3ccccc3)c2C)C1=O. The molecule has 0 radical (unpaired) electrons. The molecule has 0 fully saturated rings. The van der Waals surface area contributed by atoms with Gasteiger partial charge in [0.1, 0.15) is 5.71 Å². The molecule has 0 spiro atoms. The number of amides is 3. The Morgan fingerprint density at radius 3 is 2.42 bits per heavy atom. The molecule has 5 heteroatoms. The van der Waals surface area contributed by atoms with Crippen LogP contribution in [0.1, 0.15) is 29.4 Å². The van der Waals surface area contributed by atoms with Crippen molar-refractivity contribution in [3.05, 3.63) is 58.9 Å². The molecule has 2 heterocycles. The van der Waals surface area contributed by atoms with Gasteiger partial charge in [-0.1, -0.05) is 30.3 Å². The van der Waals surface area contributed by atoms with Crippen molar-refractivity contribution >= 4 is 17.6 Å². The van der Waals surface area contributed by atoms with Crippen molar-refractivity contribution in [2.75, 3.05) is 6.54 Å². The molecular formula is C19H21N3O2. The van der Waals surface area contributed by atoms with Crippen LogP contribution < -0.4 is 0 Å². The van der Waals surface area contributed by atoms with Crippen molar-refractivity contribution in [2.24, 2.45) is 4.99 Å². The van der Waals surface area contributed by atoms with Gasteiger partial charge in [-0.3, -0.25) is 9.69 Å². The average molecular weight is 323 g/mol. The Morgan fingerprint density at radius 2 is 1.79 bits per heavy atom. The van der Waals surface area contributed by atoms with Gasteiger partial charge in [-0.05, 0) is 38.0 Å². The standard InChI is InChI=1S/C19H21N3O2/c1-4-21-18(23)17(20-19(21)24)11-16-10-13(2)22(14(16)3)12-15-8-6-5-7-9-15/h5-10H,4,11-12H2,1-3H3. The van der Waals surface area contributed by atoms with Gasteiger partial charge in [-0.15, -0.1) is 0 Å². The number of benzene rings is 1. The van der Waals surface area contributed by atoms with Gasteiger partial charge in [0.05, 0.1) is 0 Å². The molecule has 0 saturated carbocycles. The third-order valence-corrected chi connectivity index (χ3v) is 4.49. The minimum absolute atomic E-state index is 0.268. The Morgan fingerprint density at radius 1 is 1.08 bits per heavy atom. The number of aliphatic imine (C=N–C) groups is 1. The van der Waals surface area contributed by atoms with E-state index in [2.05, 4.69) is 34.7 Å². The van der Waals surface area contributed by atoms with Crippen molar-refractivity contribution < 1.29 is 9.59 Å². The summed E-state index contributed by atoms with van der Waals surface area (Å²) in [5.41, 5.74) is 4.85. The summed E-state index contributed by atoms with van der Waals surface area (Å²) in [7, 11) is 0. The highest BCUT2D eigenvalue weighted by molar-refractivity contribution is 6.46. The molecule has 1 aromatic carbocycles. The maximum absolute atomic E-state index is 12.2. The Kier molecular flexibility index (Phi) is 4.34. The monoisotopic (exact) mass is 323 g/mol. The van der Waals surface area contributed by atoms with E-state index in [0.717, 1.165) is 23.5 Å². The van der Waals surface area contributed by atoms with Crippen molar-refractivity contribution in [1.82, 2.24) is 9.47 Å². The first kappa shape index (κ1) is 16.2. The number of carbonyl (C=O) groups excluding carboxylic acids is 2. The Labute approximate surface area is 141 Å². The van der Waals surface area contributed by atoms with Gasteiger partial charge in [-0.2, -0.15) is 4.99 Å². The molecule has 0 aliphatic carbocycles. The van der Waals surface area contributed by atoms with Crippen LogP contribution in [0.3, 0.4) is 0 Å². The largest absolute Gasteiger partial charge is 0.350 e. The van der Waals surface area contributed by atoms with E-state index in [4.69, 9.17) is 0 Å². The summed E-state index contributed by atoms with van der Waals surface area (Å²) in [6.07, 6.45) is 0.398. The van der Waals surface area contributed by atoms with Gasteiger partial charge < -0.3 is 4.57 Å². The third kappa shape index (κ3) is 2.89. The molecule has 3 amide bonds. The second-order valence-electron chi connectivity index (χ2n) is 6.04. The predicted octanol–water partition coefficient (Wildman–Crippen LogP) is 3.12. The maximum atomic E-state index is 12.2. The molecule has 124 valence electrons. The molecule has 2 aromatic rings. The van der Waals surface area contributed by atoms with E-state index in [1.54, 1.807) is 6.92 Å². The van der Waals surface area contributed by atoms with Crippen molar-refractivity contribution in [1.29, 1.82) is 0 Å². The van der Waals surface area contributed by atoms with Gasteiger partial charge in [0, 0.05) is 30.9 Å². The molecule has 1 aliphatic rings. The fourth-order valence-electron chi connectivity index (χ4n) is 3.10. The smallest absolute Gasteiger partial charge is 0.345 e. The van der Waals surface area contributed by atoms with E-state index in [1.807, 2.05) is 25.1 Å². The van der Waals surface area contributed by atoms with E-state index < -0.39 is 6.03 Å². The van der Waals surface area contributed by atoms with Gasteiger partial charge in [0.25, 0.3) is 5.91 Å². The summed E-state index contributed by atoms with van der Waals surface area (Å²) < 4.78 is 2.23. The topological polar surface area (TPSA) is 54.7 Å². The summed E-state index contributed by atoms with van der Waals surface area (Å²) in [5.74, 6) is -0.268. The van der Waals surface area contributed by atoms with Gasteiger partial charge in [0.15, 0.2) is 0 Å². The molecule has 0 saturated heterocycles. The van der Waals surface area contributed by atoms with Crippen LogP contribution in [0, 0.1) is 13.8 Å². The number of aryl methyl sites for hydroxylation is 1. The lowest BCUT2D eigenvalue weighted by atomic mass is 10.1. The first-order valence-corrected chi connectivity index (χ1v) is 8.14. The van der Waals surface area contributed by atoms with E-state index in [1.165, 1.54) is 10.5 Å². The average Bonchev–Trinajstić information content (AvgIpc) is 2.99. The zero-order valence-corrected chi connectivity index (χ0v) is 14.2. The summed E-state index contributed by atoms with van der Waals surface area (Å²) in [4.78, 5) is 29.0. The number of rotatable bonds is 5. The zero-order chi connectivity index (χ0) is 17.3. The van der Waals surface area contributed by atoms with Crippen LogP contribution in [0.5, 0.6) is 0 Å².